The summed E-state index contributed by atoms with van der Waals surface area (Å²) in [7, 11) is 0. The summed E-state index contributed by atoms with van der Waals surface area (Å²) in [6.45, 7) is 5.14. The first-order chi connectivity index (χ1) is 16.6. The lowest BCUT2D eigenvalue weighted by Gasteiger charge is -2.28. The van der Waals surface area contributed by atoms with Crippen LogP contribution in [0, 0.1) is 12.7 Å². The van der Waals surface area contributed by atoms with Gasteiger partial charge in [0.25, 0.3) is 0 Å². The highest BCUT2D eigenvalue weighted by atomic mass is 35.5. The predicted molar refractivity (Wildman–Crippen MR) is 130 cm³/mol. The van der Waals surface area contributed by atoms with Crippen LogP contribution in [0.3, 0.4) is 0 Å². The maximum atomic E-state index is 14.4. The molecular weight excluding hydrogens is 482 g/mol. The molecule has 0 saturated carbocycles. The fraction of sp³-hybridized carbons (Fsp3) is 0.556. The Hall–Kier alpha value is -1.67. The maximum absolute atomic E-state index is 14.4. The summed E-state index contributed by atoms with van der Waals surface area (Å²) in [5, 5.41) is 11.4. The molecule has 0 amide bonds. The van der Waals surface area contributed by atoms with E-state index >= 15 is 0 Å². The second-order valence-corrected chi connectivity index (χ2v) is 9.79. The van der Waals surface area contributed by atoms with E-state index in [-0.39, 0.29) is 12.2 Å². The number of alkyl halides is 3. The second kappa shape index (κ2) is 12.5. The van der Waals surface area contributed by atoms with Crippen molar-refractivity contribution in [2.45, 2.75) is 76.8 Å². The number of likely N-dealkylation sites (tertiary alicyclic amines) is 1. The summed E-state index contributed by atoms with van der Waals surface area (Å²) < 4.78 is 58.5. The summed E-state index contributed by atoms with van der Waals surface area (Å²) >= 11 is 6.27. The fourth-order valence-corrected chi connectivity index (χ4v) is 4.99. The summed E-state index contributed by atoms with van der Waals surface area (Å²) in [5.74, 6) is -0.662. The Morgan fingerprint density at radius 1 is 1.23 bits per heavy atom. The molecule has 2 aromatic carbocycles. The molecule has 3 rings (SSSR count). The van der Waals surface area contributed by atoms with Gasteiger partial charge in [-0.25, -0.2) is 4.39 Å². The normalized spacial score (nSPS) is 18.7. The Labute approximate surface area is 210 Å². The zero-order valence-electron chi connectivity index (χ0n) is 20.3. The van der Waals surface area contributed by atoms with Crippen LogP contribution in [0.2, 0.25) is 5.02 Å². The first-order valence-electron chi connectivity index (χ1n) is 12.2. The van der Waals surface area contributed by atoms with Crippen molar-refractivity contribution in [3.8, 4) is 0 Å². The number of halogens is 5. The Kier molecular flexibility index (Phi) is 9.99. The minimum absolute atomic E-state index is 0.0211. The third kappa shape index (κ3) is 8.17. The van der Waals surface area contributed by atoms with Crippen LogP contribution in [0.4, 0.5) is 17.6 Å². The maximum Gasteiger partial charge on any atom is 0.389 e. The lowest BCUT2D eigenvalue weighted by atomic mass is 9.96. The lowest BCUT2D eigenvalue weighted by molar-refractivity contribution is -0.134. The standard InChI is InChI=1S/C27H34ClF4NO2/c1-3-26(23-7-4-8-25(29)22(23)11-12-27(30,31)32)35-17-21(34)16-33-13-5-6-20(33)14-19-10-9-18(2)24(28)15-19/h4,7-10,15,20-21,26,34H,3,5-6,11-14,16-17H2,1-2H3/t20-,21+,26+/m0/s1. The third-order valence-electron chi connectivity index (χ3n) is 6.67. The van der Waals surface area contributed by atoms with Crippen LogP contribution >= 0.6 is 11.6 Å². The summed E-state index contributed by atoms with van der Waals surface area (Å²) in [6, 6.07) is 10.6. The molecule has 0 unspecified atom stereocenters. The van der Waals surface area contributed by atoms with Crippen LogP contribution in [0.25, 0.3) is 0 Å². The number of benzene rings is 2. The molecule has 8 heteroatoms. The second-order valence-electron chi connectivity index (χ2n) is 9.39. The minimum atomic E-state index is -4.37. The molecule has 3 nitrogen and oxygen atoms in total. The smallest absolute Gasteiger partial charge is 0.389 e. The predicted octanol–water partition coefficient (Wildman–Crippen LogP) is 6.82. The van der Waals surface area contributed by atoms with Gasteiger partial charge in [0.1, 0.15) is 5.82 Å². The van der Waals surface area contributed by atoms with E-state index in [1.165, 1.54) is 12.1 Å². The highest BCUT2D eigenvalue weighted by Gasteiger charge is 2.30. The quantitative estimate of drug-likeness (QED) is 0.333. The molecule has 0 aromatic heterocycles. The first kappa shape index (κ1) is 27.9. The third-order valence-corrected chi connectivity index (χ3v) is 7.08. The zero-order chi connectivity index (χ0) is 25.6. The van der Waals surface area contributed by atoms with Crippen LogP contribution in [-0.4, -0.2) is 48.0 Å². The molecule has 1 fully saturated rings. The van der Waals surface area contributed by atoms with Crippen LogP contribution in [-0.2, 0) is 17.6 Å². The number of ether oxygens (including phenoxy) is 1. The number of hydrogen-bond donors (Lipinski definition) is 1. The van der Waals surface area contributed by atoms with E-state index in [0.717, 1.165) is 42.0 Å². The average Bonchev–Trinajstić information content (AvgIpc) is 3.21. The lowest BCUT2D eigenvalue weighted by Crippen LogP contribution is -2.39. The molecule has 1 heterocycles. The van der Waals surface area contributed by atoms with E-state index in [0.29, 0.717) is 24.6 Å². The van der Waals surface area contributed by atoms with Gasteiger partial charge in [-0.1, -0.05) is 42.8 Å². The molecule has 1 N–H and O–H groups in total. The van der Waals surface area contributed by atoms with Gasteiger partial charge >= 0.3 is 6.18 Å². The number of aryl methyl sites for hydroxylation is 1. The first-order valence-corrected chi connectivity index (χ1v) is 12.6. The Morgan fingerprint density at radius 2 is 2.00 bits per heavy atom. The SMILES string of the molecule is CC[C@@H](OC[C@H](O)CN1CCC[C@H]1Cc1ccc(C)c(Cl)c1)c1cccc(F)c1CCC(F)(F)F. The van der Waals surface area contributed by atoms with E-state index in [9.17, 15) is 22.7 Å². The molecule has 0 bridgehead atoms. The highest BCUT2D eigenvalue weighted by Crippen LogP contribution is 2.31. The van der Waals surface area contributed by atoms with Gasteiger partial charge in [0.05, 0.1) is 18.8 Å². The monoisotopic (exact) mass is 515 g/mol. The molecule has 0 aliphatic carbocycles. The number of aliphatic hydroxyl groups is 1. The van der Waals surface area contributed by atoms with Gasteiger partial charge in [-0.2, -0.15) is 13.2 Å². The van der Waals surface area contributed by atoms with E-state index in [1.807, 2.05) is 26.0 Å². The van der Waals surface area contributed by atoms with Crippen molar-refractivity contribution in [1.29, 1.82) is 0 Å². The molecular formula is C27H34ClF4NO2. The topological polar surface area (TPSA) is 32.7 Å². The van der Waals surface area contributed by atoms with Gasteiger partial charge in [0, 0.05) is 24.0 Å². The summed E-state index contributed by atoms with van der Waals surface area (Å²) in [4.78, 5) is 2.25. The van der Waals surface area contributed by atoms with Crippen molar-refractivity contribution in [1.82, 2.24) is 4.90 Å². The number of nitrogens with zero attached hydrogens (tertiary/aromatic N) is 1. The number of β-amino-alcohol motifs (C(OH)–C–C–N with tert-alkyl or cyclic N) is 1. The Balaban J connectivity index is 1.58. The van der Waals surface area contributed by atoms with Gasteiger partial charge in [-0.05, 0) is 80.0 Å². The van der Waals surface area contributed by atoms with E-state index in [4.69, 9.17) is 16.3 Å². The van der Waals surface area contributed by atoms with Crippen LogP contribution < -0.4 is 0 Å². The molecule has 2 aromatic rings. The van der Waals surface area contributed by atoms with Crippen molar-refractivity contribution in [2.75, 3.05) is 19.7 Å². The molecule has 1 saturated heterocycles. The molecule has 1 aliphatic rings. The van der Waals surface area contributed by atoms with Crippen molar-refractivity contribution in [3.63, 3.8) is 0 Å². The van der Waals surface area contributed by atoms with E-state index in [1.54, 1.807) is 6.07 Å². The van der Waals surface area contributed by atoms with Crippen molar-refractivity contribution in [2.24, 2.45) is 0 Å². The molecule has 1 aliphatic heterocycles. The van der Waals surface area contributed by atoms with Crippen molar-refractivity contribution in [3.05, 3.63) is 69.5 Å². The largest absolute Gasteiger partial charge is 0.389 e. The summed E-state index contributed by atoms with van der Waals surface area (Å²) in [6.07, 6.45) is -3.88. The summed E-state index contributed by atoms with van der Waals surface area (Å²) in [5.41, 5.74) is 2.64. The number of hydrogen-bond acceptors (Lipinski definition) is 3. The van der Waals surface area contributed by atoms with Crippen molar-refractivity contribution >= 4 is 11.6 Å². The van der Waals surface area contributed by atoms with Crippen LogP contribution in [0.15, 0.2) is 36.4 Å². The van der Waals surface area contributed by atoms with Crippen LogP contribution in [0.1, 0.15) is 61.0 Å². The van der Waals surface area contributed by atoms with E-state index in [2.05, 4.69) is 11.0 Å². The van der Waals surface area contributed by atoms with Crippen molar-refractivity contribution < 1.29 is 27.4 Å². The fourth-order valence-electron chi connectivity index (χ4n) is 4.79. The average molecular weight is 516 g/mol. The Bertz CT molecular complexity index is 969. The van der Waals surface area contributed by atoms with Gasteiger partial charge < -0.3 is 9.84 Å². The molecule has 0 spiro atoms. The molecule has 0 radical (unpaired) electrons. The molecule has 3 atom stereocenters. The number of rotatable bonds is 11. The number of aliphatic hydroxyl groups excluding tert-OH is 1. The van der Waals surface area contributed by atoms with Gasteiger partial charge in [0.2, 0.25) is 0 Å². The minimum Gasteiger partial charge on any atom is -0.389 e. The zero-order valence-corrected chi connectivity index (χ0v) is 21.0. The van der Waals surface area contributed by atoms with Gasteiger partial charge in [-0.15, -0.1) is 0 Å². The van der Waals surface area contributed by atoms with E-state index < -0.39 is 37.0 Å². The molecule has 35 heavy (non-hydrogen) atoms. The van der Waals surface area contributed by atoms with Gasteiger partial charge in [0.15, 0.2) is 0 Å². The van der Waals surface area contributed by atoms with Crippen LogP contribution in [0.5, 0.6) is 0 Å². The Morgan fingerprint density at radius 3 is 2.69 bits per heavy atom. The van der Waals surface area contributed by atoms with Gasteiger partial charge in [-0.3, -0.25) is 4.90 Å². The molecule has 194 valence electrons. The highest BCUT2D eigenvalue weighted by molar-refractivity contribution is 6.31.